The van der Waals surface area contributed by atoms with Crippen molar-refractivity contribution in [2.45, 2.75) is 85.9 Å². The van der Waals surface area contributed by atoms with E-state index in [2.05, 4.69) is 40.0 Å². The van der Waals surface area contributed by atoms with Gasteiger partial charge in [0.2, 0.25) is 29.5 Å². The van der Waals surface area contributed by atoms with Gasteiger partial charge in [-0.25, -0.2) is 9.97 Å². The molecule has 2 aromatic rings. The minimum absolute atomic E-state index is 0.373. The number of aromatic nitrogens is 4. The summed E-state index contributed by atoms with van der Waals surface area (Å²) < 4.78 is 86.7. The van der Waals surface area contributed by atoms with E-state index in [1.165, 1.54) is 0 Å². The van der Waals surface area contributed by atoms with Crippen LogP contribution in [-0.2, 0) is 43.2 Å². The summed E-state index contributed by atoms with van der Waals surface area (Å²) in [5.41, 5.74) is 10.5. The Morgan fingerprint density at radius 3 is 1.56 bits per heavy atom. The number of carboxylic acid groups (broad SMARTS) is 4. The van der Waals surface area contributed by atoms with E-state index in [1.807, 2.05) is 10.6 Å². The second-order valence-electron chi connectivity index (χ2n) is 13.6. The van der Waals surface area contributed by atoms with Gasteiger partial charge in [0.05, 0.1) is 16.2 Å². The largest absolute Gasteiger partial charge is 0.575 e. The van der Waals surface area contributed by atoms with E-state index >= 15 is 0 Å². The van der Waals surface area contributed by atoms with Gasteiger partial charge in [0.15, 0.2) is 0 Å². The predicted molar refractivity (Wildman–Crippen MR) is 217 cm³/mol. The zero-order chi connectivity index (χ0) is 51.4. The number of thioether (sulfide) groups is 2. The first-order valence-corrected chi connectivity index (χ1v) is 21.2. The quantitative estimate of drug-likeness (QED) is 0.0438. The molecular weight excluding hydrogens is 979 g/mol. The molecule has 0 radical (unpaired) electrons. The molecular formula is C35H42F6N10O15S2. The zero-order valence-electron chi connectivity index (χ0n) is 34.7. The highest BCUT2D eigenvalue weighted by Crippen LogP contribution is 2.37. The van der Waals surface area contributed by atoms with Crippen LogP contribution in [0.1, 0.15) is 60.5 Å². The zero-order valence-corrected chi connectivity index (χ0v) is 36.3. The fourth-order valence-corrected chi connectivity index (χ4v) is 7.55. The number of ether oxygens (including phenoxy) is 2. The van der Waals surface area contributed by atoms with E-state index in [-0.39, 0.29) is 5.69 Å². The number of nitrogens with two attached hydrogens (primary N) is 2. The van der Waals surface area contributed by atoms with Gasteiger partial charge in [-0.15, -0.1) is 49.9 Å². The maximum absolute atomic E-state index is 14.0. The first kappa shape index (κ1) is 57.5. The highest BCUT2D eigenvalue weighted by molar-refractivity contribution is 7.99. The average Bonchev–Trinajstić information content (AvgIpc) is 3.23. The Balaban J connectivity index is 2.59. The van der Waals surface area contributed by atoms with Crippen LogP contribution in [0.5, 0.6) is 11.9 Å². The van der Waals surface area contributed by atoms with Crippen molar-refractivity contribution >= 4 is 76.8 Å². The first-order valence-electron chi connectivity index (χ1n) is 19.1. The van der Waals surface area contributed by atoms with Crippen molar-refractivity contribution in [2.24, 2.45) is 11.5 Å². The van der Waals surface area contributed by atoms with E-state index in [0.29, 0.717) is 29.6 Å². The number of carbonyl (C=O) groups is 9. The third-order valence-corrected chi connectivity index (χ3v) is 10.9. The molecule has 0 spiro atoms. The molecule has 0 aromatic carbocycles. The minimum atomic E-state index is -5.32. The standard InChI is InChI=1S/C35H42F6N10O15S2/c36-34(37,38)65-25-6-8-44-28(51-25)22(68-14-20(30(60)47-12-27(57)58)49-24(54)4-2-17(43)32(63)64)10-15(52)9-21(18-5-7-45-33(50-18)66-35(39,40)41)67-13-19(29(59)46-11-26(55)56)48-23(53)3-1-16(42)31(61)62/h5-8,16-17,19-22H,1-4,9-14,42-43H2,(H,46,59)(H,47,60)(H,48,53)(H,49,54)(H,55,56)(H,57,58)(H,61,62)(H,63,64)/t16-,17+,19-,20-,21?,22?/m0/s1. The number of carboxylic acids is 4. The number of alkyl halides is 6. The Labute approximate surface area is 386 Å². The number of halogens is 6. The Hall–Kier alpha value is -6.61. The average molecular weight is 1020 g/mol. The summed E-state index contributed by atoms with van der Waals surface area (Å²) in [4.78, 5) is 125. The summed E-state index contributed by atoms with van der Waals surface area (Å²) in [5.74, 6) is -13.9. The summed E-state index contributed by atoms with van der Waals surface area (Å²) in [6.45, 7) is -1.93. The van der Waals surface area contributed by atoms with Gasteiger partial charge in [-0.2, -0.15) is 9.97 Å². The van der Waals surface area contributed by atoms with Gasteiger partial charge >= 0.3 is 42.6 Å². The molecule has 0 aliphatic rings. The van der Waals surface area contributed by atoms with Crippen molar-refractivity contribution < 1.29 is 99.4 Å². The molecule has 68 heavy (non-hydrogen) atoms. The number of aliphatic carboxylic acids is 4. The van der Waals surface area contributed by atoms with E-state index < -0.39 is 182 Å². The Morgan fingerprint density at radius 2 is 1.10 bits per heavy atom. The molecule has 2 aromatic heterocycles. The third-order valence-electron chi connectivity index (χ3n) is 8.23. The van der Waals surface area contributed by atoms with Gasteiger partial charge in [-0.3, -0.25) is 43.2 Å². The highest BCUT2D eigenvalue weighted by Gasteiger charge is 2.35. The van der Waals surface area contributed by atoms with Crippen LogP contribution in [0.4, 0.5) is 26.3 Å². The van der Waals surface area contributed by atoms with E-state index in [0.717, 1.165) is 18.5 Å². The third kappa shape index (κ3) is 23.2. The second kappa shape index (κ2) is 27.3. The summed E-state index contributed by atoms with van der Waals surface area (Å²) in [6, 6.07) is -5.92. The van der Waals surface area contributed by atoms with Crippen molar-refractivity contribution in [3.8, 4) is 11.9 Å². The molecule has 33 heteroatoms. The maximum Gasteiger partial charge on any atom is 0.575 e. The number of ketones is 1. The molecule has 0 aliphatic heterocycles. The lowest BCUT2D eigenvalue weighted by Gasteiger charge is -2.23. The van der Waals surface area contributed by atoms with Crippen molar-refractivity contribution in [2.75, 3.05) is 24.6 Å². The fraction of sp³-hybridized carbons (Fsp3) is 0.514. The van der Waals surface area contributed by atoms with E-state index in [1.54, 1.807) is 0 Å². The summed E-state index contributed by atoms with van der Waals surface area (Å²) in [6.07, 6.45) is -12.6. The first-order chi connectivity index (χ1) is 31.6. The molecule has 0 saturated heterocycles. The van der Waals surface area contributed by atoms with E-state index in [9.17, 15) is 69.5 Å². The molecule has 2 unspecified atom stereocenters. The topological polar surface area (TPSA) is 405 Å². The number of hydrogen-bond donors (Lipinski definition) is 10. The van der Waals surface area contributed by atoms with Gasteiger partial charge in [0.1, 0.15) is 48.9 Å². The van der Waals surface area contributed by atoms with Crippen LogP contribution in [0.2, 0.25) is 0 Å². The predicted octanol–water partition coefficient (Wildman–Crippen LogP) is -0.583. The van der Waals surface area contributed by atoms with Gasteiger partial charge in [-0.05, 0) is 18.9 Å². The lowest BCUT2D eigenvalue weighted by molar-refractivity contribution is -0.278. The van der Waals surface area contributed by atoms with E-state index in [4.69, 9.17) is 31.9 Å². The van der Waals surface area contributed by atoms with Crippen molar-refractivity contribution in [1.29, 1.82) is 0 Å². The SMILES string of the molecule is N[C@H](CCC(=O)N[C@@H](CSC(CC(=O)CC(SC[C@H](NC(=O)CC[C@H](N)C(=O)O)C(=O)NCC(=O)O)c1ccnc(OC(F)(F)F)n1)c1nccc(OC(F)(F)F)n1)C(=O)NCC(=O)O)C(=O)O. The van der Waals surface area contributed by atoms with Crippen LogP contribution in [0.25, 0.3) is 0 Å². The fourth-order valence-electron chi connectivity index (χ4n) is 5.06. The summed E-state index contributed by atoms with van der Waals surface area (Å²) in [5, 5.41) is 41.9. The van der Waals surface area contributed by atoms with Gasteiger partial charge in [0.25, 0.3) is 0 Å². The molecule has 25 nitrogen and oxygen atoms in total. The molecule has 12 N–H and O–H groups in total. The molecule has 2 heterocycles. The van der Waals surface area contributed by atoms with Gasteiger partial charge in [0, 0.05) is 55.6 Å². The second-order valence-corrected chi connectivity index (χ2v) is 16.1. The minimum Gasteiger partial charge on any atom is -0.480 e. The highest BCUT2D eigenvalue weighted by atomic mass is 32.2. The lowest BCUT2D eigenvalue weighted by atomic mass is 10.1. The molecule has 376 valence electrons. The number of amides is 4. The molecule has 0 bridgehead atoms. The number of Topliss-reactive ketones (excluding diaryl/α,β-unsaturated/α-hetero) is 1. The molecule has 0 fully saturated rings. The monoisotopic (exact) mass is 1020 g/mol. The van der Waals surface area contributed by atoms with Crippen LogP contribution in [0.15, 0.2) is 24.5 Å². The Bertz CT molecular complexity index is 1990. The number of nitrogens with zero attached hydrogens (tertiary/aromatic N) is 4. The molecule has 2 rings (SSSR count). The van der Waals surface area contributed by atoms with Gasteiger partial charge < -0.3 is 62.6 Å². The molecule has 0 aliphatic carbocycles. The van der Waals surface area contributed by atoms with Crippen molar-refractivity contribution in [3.63, 3.8) is 0 Å². The van der Waals surface area contributed by atoms with Crippen LogP contribution in [0.3, 0.4) is 0 Å². The lowest BCUT2D eigenvalue weighted by Crippen LogP contribution is -2.49. The number of carbonyl (C=O) groups excluding carboxylic acids is 5. The van der Waals surface area contributed by atoms with Crippen molar-refractivity contribution in [1.82, 2.24) is 41.2 Å². The van der Waals surface area contributed by atoms with Gasteiger partial charge in [-0.1, -0.05) is 0 Å². The maximum atomic E-state index is 14.0. The smallest absolute Gasteiger partial charge is 0.480 e. The van der Waals surface area contributed by atoms with Crippen LogP contribution in [-0.4, -0.2) is 155 Å². The Morgan fingerprint density at radius 1 is 0.647 bits per heavy atom. The number of rotatable bonds is 30. The van der Waals surface area contributed by atoms with Crippen LogP contribution in [0, 0.1) is 0 Å². The Kier molecular flexibility index (Phi) is 23.1. The molecule has 0 saturated carbocycles. The summed E-state index contributed by atoms with van der Waals surface area (Å²) >= 11 is 1.13. The summed E-state index contributed by atoms with van der Waals surface area (Å²) in [7, 11) is 0. The molecule has 4 amide bonds. The number of hydrogen-bond acceptors (Lipinski definition) is 19. The molecule has 6 atom stereocenters. The van der Waals surface area contributed by atoms with Crippen molar-refractivity contribution in [3.05, 3.63) is 36.0 Å². The van der Waals surface area contributed by atoms with Crippen LogP contribution >= 0.6 is 23.5 Å². The normalized spacial score (nSPS) is 14.1. The van der Waals surface area contributed by atoms with Crippen LogP contribution < -0.4 is 42.2 Å². The number of nitrogens with one attached hydrogen (secondary N) is 4.